The monoisotopic (exact) mass is 396 g/mol. The Labute approximate surface area is 170 Å². The third kappa shape index (κ3) is 6.43. The lowest BCUT2D eigenvalue weighted by molar-refractivity contribution is 0.510. The second-order valence-corrected chi connectivity index (χ2v) is 6.89. The van der Waals surface area contributed by atoms with Gasteiger partial charge in [-0.3, -0.25) is 4.99 Å². The zero-order valence-electron chi connectivity index (χ0n) is 15.9. The predicted octanol–water partition coefficient (Wildman–Crippen LogP) is 4.41. The van der Waals surface area contributed by atoms with Crippen molar-refractivity contribution >= 4 is 17.6 Å². The van der Waals surface area contributed by atoms with E-state index in [0.717, 1.165) is 36.7 Å². The van der Waals surface area contributed by atoms with Crippen LogP contribution in [0, 0.1) is 0 Å². The van der Waals surface area contributed by atoms with Gasteiger partial charge in [0.1, 0.15) is 10.9 Å². The fourth-order valence-electron chi connectivity index (χ4n) is 2.79. The van der Waals surface area contributed by atoms with Crippen LogP contribution in [0.15, 0.2) is 76.5 Å². The number of guanidine groups is 1. The van der Waals surface area contributed by atoms with Crippen LogP contribution in [-0.2, 0) is 12.8 Å². The summed E-state index contributed by atoms with van der Waals surface area (Å²) in [5, 5.41) is 7.40. The van der Waals surface area contributed by atoms with Crippen molar-refractivity contribution < 1.29 is 4.42 Å². The van der Waals surface area contributed by atoms with Crippen LogP contribution in [-0.4, -0.2) is 24.0 Å². The standard InChI is InChI=1S/C22H25ClN4O/c1-17(19-6-3-2-4-7-19)27-22(25-14-12-20-8-5-15-28-20)24-13-11-18-9-10-21(23)26-16-18/h2-10,15-17H,11-14H2,1H3,(H2,24,25,27). The van der Waals surface area contributed by atoms with Gasteiger partial charge in [-0.1, -0.05) is 48.0 Å². The summed E-state index contributed by atoms with van der Waals surface area (Å²) in [7, 11) is 0. The van der Waals surface area contributed by atoms with Gasteiger partial charge in [-0.15, -0.1) is 0 Å². The molecule has 0 aliphatic carbocycles. The molecule has 6 heteroatoms. The first-order valence-corrected chi connectivity index (χ1v) is 9.81. The van der Waals surface area contributed by atoms with Gasteiger partial charge in [0.25, 0.3) is 0 Å². The third-order valence-electron chi connectivity index (χ3n) is 4.36. The maximum Gasteiger partial charge on any atom is 0.191 e. The minimum Gasteiger partial charge on any atom is -0.469 e. The van der Waals surface area contributed by atoms with Crippen LogP contribution in [0.2, 0.25) is 5.15 Å². The Kier molecular flexibility index (Phi) is 7.50. The summed E-state index contributed by atoms with van der Waals surface area (Å²) in [5.74, 6) is 1.72. The zero-order chi connectivity index (χ0) is 19.6. The van der Waals surface area contributed by atoms with Crippen molar-refractivity contribution in [3.8, 4) is 0 Å². The van der Waals surface area contributed by atoms with Crippen LogP contribution in [0.3, 0.4) is 0 Å². The lowest BCUT2D eigenvalue weighted by atomic mass is 10.1. The summed E-state index contributed by atoms with van der Waals surface area (Å²) >= 11 is 5.85. The van der Waals surface area contributed by atoms with Gasteiger partial charge in [0.2, 0.25) is 0 Å². The zero-order valence-corrected chi connectivity index (χ0v) is 16.7. The number of hydrogen-bond donors (Lipinski definition) is 2. The van der Waals surface area contributed by atoms with Gasteiger partial charge in [-0.2, -0.15) is 0 Å². The average Bonchev–Trinajstić information content (AvgIpc) is 3.23. The molecular formula is C22H25ClN4O. The van der Waals surface area contributed by atoms with Crippen LogP contribution in [0.5, 0.6) is 0 Å². The Morgan fingerprint density at radius 1 is 1.11 bits per heavy atom. The number of benzene rings is 1. The number of halogens is 1. The quantitative estimate of drug-likeness (QED) is 0.336. The highest BCUT2D eigenvalue weighted by atomic mass is 35.5. The molecule has 0 amide bonds. The van der Waals surface area contributed by atoms with Crippen LogP contribution in [0.4, 0.5) is 0 Å². The molecule has 146 valence electrons. The van der Waals surface area contributed by atoms with Gasteiger partial charge in [0.05, 0.1) is 12.3 Å². The van der Waals surface area contributed by atoms with Crippen molar-refractivity contribution in [2.75, 3.05) is 13.1 Å². The number of furan rings is 1. The number of aromatic nitrogens is 1. The maximum absolute atomic E-state index is 5.85. The van der Waals surface area contributed by atoms with Crippen LogP contribution < -0.4 is 10.6 Å². The van der Waals surface area contributed by atoms with Crippen molar-refractivity contribution in [3.05, 3.63) is 89.1 Å². The van der Waals surface area contributed by atoms with Crippen LogP contribution >= 0.6 is 11.6 Å². The van der Waals surface area contributed by atoms with Gasteiger partial charge in [0, 0.05) is 25.7 Å². The third-order valence-corrected chi connectivity index (χ3v) is 4.58. The molecule has 0 saturated heterocycles. The number of rotatable bonds is 8. The molecule has 2 heterocycles. The van der Waals surface area contributed by atoms with E-state index in [0.29, 0.717) is 11.7 Å². The Bertz CT molecular complexity index is 848. The molecule has 1 aromatic carbocycles. The number of aliphatic imine (C=N–C) groups is 1. The second-order valence-electron chi connectivity index (χ2n) is 6.50. The first-order valence-electron chi connectivity index (χ1n) is 9.43. The van der Waals surface area contributed by atoms with E-state index in [4.69, 9.17) is 21.0 Å². The molecule has 0 fully saturated rings. The SMILES string of the molecule is CC(NC(=NCCc1ccco1)NCCc1ccc(Cl)nc1)c1ccccc1. The molecule has 28 heavy (non-hydrogen) atoms. The van der Waals surface area contributed by atoms with E-state index in [1.54, 1.807) is 12.5 Å². The van der Waals surface area contributed by atoms with E-state index in [1.165, 1.54) is 5.56 Å². The predicted molar refractivity (Wildman–Crippen MR) is 114 cm³/mol. The van der Waals surface area contributed by atoms with Gasteiger partial charge in [-0.05, 0) is 42.7 Å². The molecule has 0 aliphatic heterocycles. The molecule has 0 aliphatic rings. The van der Waals surface area contributed by atoms with Crippen molar-refractivity contribution in [3.63, 3.8) is 0 Å². The Morgan fingerprint density at radius 2 is 1.96 bits per heavy atom. The van der Waals surface area contributed by atoms with E-state index in [9.17, 15) is 0 Å². The number of hydrogen-bond acceptors (Lipinski definition) is 3. The molecule has 1 atom stereocenters. The molecule has 2 N–H and O–H groups in total. The molecule has 3 rings (SSSR count). The molecule has 0 spiro atoms. The topological polar surface area (TPSA) is 62.5 Å². The van der Waals surface area contributed by atoms with Crippen LogP contribution in [0.1, 0.15) is 29.9 Å². The summed E-state index contributed by atoms with van der Waals surface area (Å²) in [6.45, 7) is 3.52. The van der Waals surface area contributed by atoms with E-state index in [1.807, 2.05) is 42.5 Å². The fraction of sp³-hybridized carbons (Fsp3) is 0.273. The summed E-state index contributed by atoms with van der Waals surface area (Å²) in [6.07, 6.45) is 5.09. The van der Waals surface area contributed by atoms with Gasteiger partial charge >= 0.3 is 0 Å². The molecule has 3 aromatic rings. The number of pyridine rings is 1. The van der Waals surface area contributed by atoms with E-state index in [-0.39, 0.29) is 6.04 Å². The number of nitrogens with zero attached hydrogens (tertiary/aromatic N) is 2. The number of nitrogens with one attached hydrogen (secondary N) is 2. The minimum atomic E-state index is 0.147. The Hall–Kier alpha value is -2.79. The molecule has 2 aromatic heterocycles. The molecule has 0 radical (unpaired) electrons. The van der Waals surface area contributed by atoms with E-state index in [2.05, 4.69) is 34.7 Å². The van der Waals surface area contributed by atoms with Crippen molar-refractivity contribution in [2.45, 2.75) is 25.8 Å². The fourth-order valence-corrected chi connectivity index (χ4v) is 2.91. The minimum absolute atomic E-state index is 0.147. The Balaban J connectivity index is 1.58. The van der Waals surface area contributed by atoms with Gasteiger partial charge < -0.3 is 15.1 Å². The first kappa shape index (κ1) is 20.0. The Morgan fingerprint density at radius 3 is 2.68 bits per heavy atom. The smallest absolute Gasteiger partial charge is 0.191 e. The summed E-state index contributed by atoms with van der Waals surface area (Å²) in [6, 6.07) is 18.1. The molecule has 5 nitrogen and oxygen atoms in total. The highest BCUT2D eigenvalue weighted by Crippen LogP contribution is 2.11. The van der Waals surface area contributed by atoms with Crippen molar-refractivity contribution in [2.24, 2.45) is 4.99 Å². The van der Waals surface area contributed by atoms with E-state index < -0.39 is 0 Å². The summed E-state index contributed by atoms with van der Waals surface area (Å²) in [5.41, 5.74) is 2.34. The highest BCUT2D eigenvalue weighted by Gasteiger charge is 2.08. The van der Waals surface area contributed by atoms with Crippen molar-refractivity contribution in [1.82, 2.24) is 15.6 Å². The molecule has 0 saturated carbocycles. The van der Waals surface area contributed by atoms with Gasteiger partial charge in [-0.25, -0.2) is 4.98 Å². The molecular weight excluding hydrogens is 372 g/mol. The molecule has 1 unspecified atom stereocenters. The van der Waals surface area contributed by atoms with Crippen molar-refractivity contribution in [1.29, 1.82) is 0 Å². The summed E-state index contributed by atoms with van der Waals surface area (Å²) < 4.78 is 5.39. The van der Waals surface area contributed by atoms with Gasteiger partial charge in [0.15, 0.2) is 5.96 Å². The van der Waals surface area contributed by atoms with E-state index >= 15 is 0 Å². The normalized spacial score (nSPS) is 12.6. The highest BCUT2D eigenvalue weighted by molar-refractivity contribution is 6.29. The summed E-state index contributed by atoms with van der Waals surface area (Å²) in [4.78, 5) is 8.83. The first-order chi connectivity index (χ1) is 13.7. The molecule has 0 bridgehead atoms. The maximum atomic E-state index is 5.85. The largest absolute Gasteiger partial charge is 0.469 e. The van der Waals surface area contributed by atoms with Crippen LogP contribution in [0.25, 0.3) is 0 Å². The lowest BCUT2D eigenvalue weighted by Gasteiger charge is -2.19. The lowest BCUT2D eigenvalue weighted by Crippen LogP contribution is -2.40. The average molecular weight is 397 g/mol. The second kappa shape index (κ2) is 10.5.